The monoisotopic (exact) mass is 361 g/mol. The molecule has 22 heavy (non-hydrogen) atoms. The molecule has 1 aromatic carbocycles. The van der Waals surface area contributed by atoms with Crippen molar-refractivity contribution in [3.05, 3.63) is 28.7 Å². The van der Waals surface area contributed by atoms with Crippen LogP contribution in [-0.2, 0) is 14.3 Å². The van der Waals surface area contributed by atoms with Gasteiger partial charge in [0.2, 0.25) is 5.91 Å². The van der Waals surface area contributed by atoms with Crippen molar-refractivity contribution in [2.24, 2.45) is 11.8 Å². The zero-order valence-electron chi connectivity index (χ0n) is 12.0. The zero-order chi connectivity index (χ0) is 15.7. The molecule has 1 heterocycles. The molecule has 3 rings (SSSR count). The quantitative estimate of drug-likeness (QED) is 0.470. The number of halogens is 1. The van der Waals surface area contributed by atoms with Crippen molar-refractivity contribution in [1.29, 1.82) is 0 Å². The number of anilines is 1. The van der Waals surface area contributed by atoms with Crippen molar-refractivity contribution in [2.75, 3.05) is 11.4 Å². The summed E-state index contributed by atoms with van der Waals surface area (Å²) in [6, 6.07) is 7.47. The first kappa shape index (κ1) is 15.1. The molecule has 0 radical (unpaired) electrons. The first-order valence-electron chi connectivity index (χ1n) is 7.34. The first-order valence-corrected chi connectivity index (χ1v) is 8.13. The van der Waals surface area contributed by atoms with E-state index in [1.807, 2.05) is 24.3 Å². The summed E-state index contributed by atoms with van der Waals surface area (Å²) in [5, 5.41) is 0. The van der Waals surface area contributed by atoms with E-state index in [2.05, 4.69) is 21.9 Å². The Morgan fingerprint density at radius 1 is 1.36 bits per heavy atom. The summed E-state index contributed by atoms with van der Waals surface area (Å²) in [7, 11) is 0. The van der Waals surface area contributed by atoms with Crippen LogP contribution in [0.4, 0.5) is 5.69 Å². The lowest BCUT2D eigenvalue weighted by atomic mass is 10.1. The van der Waals surface area contributed by atoms with Gasteiger partial charge in [0.1, 0.15) is 5.92 Å². The maximum atomic E-state index is 12.5. The van der Waals surface area contributed by atoms with Gasteiger partial charge in [-0.05, 0) is 47.3 Å². The van der Waals surface area contributed by atoms with E-state index in [0.29, 0.717) is 13.0 Å². The number of amides is 1. The average molecular weight is 362 g/mol. The second kappa shape index (κ2) is 6.13. The molecule has 0 aromatic heterocycles. The predicted molar refractivity (Wildman–Crippen MR) is 86.0 cm³/mol. The topological polar surface area (TPSA) is 46.6 Å². The van der Waals surface area contributed by atoms with Crippen LogP contribution in [0.5, 0.6) is 0 Å². The van der Waals surface area contributed by atoms with Gasteiger partial charge in [0.25, 0.3) is 0 Å². The van der Waals surface area contributed by atoms with Crippen LogP contribution in [0.25, 0.3) is 0 Å². The highest BCUT2D eigenvalue weighted by atomic mass is 79.9. The minimum absolute atomic E-state index is 0.219. The van der Waals surface area contributed by atoms with Crippen LogP contribution in [0, 0.1) is 24.2 Å². The molecule has 114 valence electrons. The number of esters is 1. The Morgan fingerprint density at radius 3 is 2.73 bits per heavy atom. The Hall–Kier alpha value is -1.80. The van der Waals surface area contributed by atoms with Gasteiger partial charge < -0.3 is 9.64 Å². The first-order chi connectivity index (χ1) is 10.6. The molecule has 1 aromatic rings. The van der Waals surface area contributed by atoms with Crippen LogP contribution < -0.4 is 4.90 Å². The van der Waals surface area contributed by atoms with Gasteiger partial charge in [-0.1, -0.05) is 18.1 Å². The molecule has 0 unspecified atom stereocenters. The molecule has 0 bridgehead atoms. The van der Waals surface area contributed by atoms with Crippen molar-refractivity contribution in [1.82, 2.24) is 0 Å². The second-order valence-corrected chi connectivity index (χ2v) is 6.50. The van der Waals surface area contributed by atoms with Crippen molar-refractivity contribution in [2.45, 2.75) is 25.4 Å². The molecule has 5 heteroatoms. The highest BCUT2D eigenvalue weighted by molar-refractivity contribution is 9.10. The molecule has 1 saturated heterocycles. The van der Waals surface area contributed by atoms with Crippen LogP contribution in [0.2, 0.25) is 0 Å². The second-order valence-electron chi connectivity index (χ2n) is 5.64. The summed E-state index contributed by atoms with van der Waals surface area (Å²) in [5.74, 6) is 1.32. The molecular weight excluding hydrogens is 346 g/mol. The minimum atomic E-state index is -0.748. The van der Waals surface area contributed by atoms with Crippen LogP contribution in [-0.4, -0.2) is 24.5 Å². The summed E-state index contributed by atoms with van der Waals surface area (Å²) < 4.78 is 6.19. The predicted octanol–water partition coefficient (Wildman–Crippen LogP) is 2.76. The van der Waals surface area contributed by atoms with E-state index in [1.54, 1.807) is 4.90 Å². The van der Waals surface area contributed by atoms with Gasteiger partial charge in [-0.2, -0.15) is 0 Å². The lowest BCUT2D eigenvalue weighted by Crippen LogP contribution is -2.33. The summed E-state index contributed by atoms with van der Waals surface area (Å²) in [5.41, 5.74) is 0.776. The lowest BCUT2D eigenvalue weighted by molar-refractivity contribution is -0.154. The average Bonchev–Trinajstić information content (AvgIpc) is 3.28. The van der Waals surface area contributed by atoms with Crippen LogP contribution in [0.3, 0.4) is 0 Å². The maximum absolute atomic E-state index is 12.5. The highest BCUT2D eigenvalue weighted by Crippen LogP contribution is 2.36. The van der Waals surface area contributed by atoms with E-state index in [0.717, 1.165) is 23.0 Å². The van der Waals surface area contributed by atoms with Gasteiger partial charge >= 0.3 is 5.97 Å². The SMILES string of the molecule is C#C[C@H](OC(=O)[C@H]1CCN(c2ccccc2Br)C1=O)C1CC1. The smallest absolute Gasteiger partial charge is 0.319 e. The Bertz CT molecular complexity index is 648. The number of rotatable bonds is 4. The number of para-hydroxylation sites is 1. The van der Waals surface area contributed by atoms with Crippen molar-refractivity contribution in [3.8, 4) is 12.3 Å². The van der Waals surface area contributed by atoms with Crippen LogP contribution in [0.1, 0.15) is 19.3 Å². The number of hydrogen-bond donors (Lipinski definition) is 0. The number of ether oxygens (including phenoxy) is 1. The lowest BCUT2D eigenvalue weighted by Gasteiger charge is -2.18. The fourth-order valence-electron chi connectivity index (χ4n) is 2.68. The molecule has 1 saturated carbocycles. The Labute approximate surface area is 137 Å². The van der Waals surface area contributed by atoms with E-state index in [-0.39, 0.29) is 11.8 Å². The van der Waals surface area contributed by atoms with Gasteiger partial charge in [-0.3, -0.25) is 9.59 Å². The van der Waals surface area contributed by atoms with E-state index >= 15 is 0 Å². The van der Waals surface area contributed by atoms with E-state index in [4.69, 9.17) is 11.2 Å². The molecule has 2 atom stereocenters. The third-order valence-corrected chi connectivity index (χ3v) is 4.76. The number of carbonyl (C=O) groups excluding carboxylic acids is 2. The molecular formula is C17H16BrNO3. The molecule has 1 aliphatic carbocycles. The van der Waals surface area contributed by atoms with Crippen molar-refractivity contribution < 1.29 is 14.3 Å². The fraction of sp³-hybridized carbons (Fsp3) is 0.412. The summed E-state index contributed by atoms with van der Waals surface area (Å²) in [6.45, 7) is 0.505. The Morgan fingerprint density at radius 2 is 2.09 bits per heavy atom. The van der Waals surface area contributed by atoms with Crippen LogP contribution >= 0.6 is 15.9 Å². The number of nitrogens with zero attached hydrogens (tertiary/aromatic N) is 1. The third-order valence-electron chi connectivity index (χ3n) is 4.09. The summed E-state index contributed by atoms with van der Waals surface area (Å²) in [4.78, 5) is 26.4. The number of carbonyl (C=O) groups is 2. The number of benzene rings is 1. The third kappa shape index (κ3) is 2.89. The zero-order valence-corrected chi connectivity index (χ0v) is 13.6. The molecule has 2 fully saturated rings. The van der Waals surface area contributed by atoms with Gasteiger partial charge in [0, 0.05) is 16.9 Å². The molecule has 0 spiro atoms. The fourth-order valence-corrected chi connectivity index (χ4v) is 3.18. The maximum Gasteiger partial charge on any atom is 0.319 e. The van der Waals surface area contributed by atoms with E-state index < -0.39 is 18.0 Å². The molecule has 4 nitrogen and oxygen atoms in total. The minimum Gasteiger partial charge on any atom is -0.448 e. The molecule has 1 aliphatic heterocycles. The van der Waals surface area contributed by atoms with Crippen LogP contribution in [0.15, 0.2) is 28.7 Å². The standard InChI is InChI=1S/C17H16BrNO3/c1-2-15(11-7-8-11)22-17(21)12-9-10-19(16(12)20)14-6-4-3-5-13(14)18/h1,3-6,11-12,15H,7-10H2/t12-,15-/m0/s1. The highest BCUT2D eigenvalue weighted by Gasteiger charge is 2.41. The number of terminal acetylenes is 1. The van der Waals surface area contributed by atoms with Gasteiger partial charge in [-0.25, -0.2) is 0 Å². The molecule has 2 aliphatic rings. The van der Waals surface area contributed by atoms with E-state index in [9.17, 15) is 9.59 Å². The van der Waals surface area contributed by atoms with Crippen molar-refractivity contribution in [3.63, 3.8) is 0 Å². The van der Waals surface area contributed by atoms with E-state index in [1.165, 1.54) is 0 Å². The largest absolute Gasteiger partial charge is 0.448 e. The normalized spacial score (nSPS) is 22.3. The Balaban J connectivity index is 1.69. The molecule has 1 amide bonds. The summed E-state index contributed by atoms with van der Waals surface area (Å²) in [6.07, 6.45) is 7.36. The molecule has 0 N–H and O–H groups in total. The van der Waals surface area contributed by atoms with Gasteiger partial charge in [0.15, 0.2) is 6.10 Å². The summed E-state index contributed by atoms with van der Waals surface area (Å²) >= 11 is 3.43. The van der Waals surface area contributed by atoms with Gasteiger partial charge in [-0.15, -0.1) is 6.42 Å². The Kier molecular flexibility index (Phi) is 4.21. The number of hydrogen-bond acceptors (Lipinski definition) is 3. The van der Waals surface area contributed by atoms with Crippen molar-refractivity contribution >= 4 is 33.5 Å². The van der Waals surface area contributed by atoms with Gasteiger partial charge in [0.05, 0.1) is 5.69 Å².